The molecule has 0 aliphatic heterocycles. The molecular formula is C17H22N2O3. The molecule has 0 atom stereocenters. The van der Waals surface area contributed by atoms with Gasteiger partial charge in [-0.3, -0.25) is 9.78 Å². The quantitative estimate of drug-likeness (QED) is 0.733. The molecule has 0 spiro atoms. The van der Waals surface area contributed by atoms with Crippen LogP contribution in [0.4, 0.5) is 5.69 Å². The van der Waals surface area contributed by atoms with Crippen LogP contribution >= 0.6 is 0 Å². The fraction of sp³-hybridized carbons (Fsp3) is 0.412. The molecule has 2 N–H and O–H groups in total. The van der Waals surface area contributed by atoms with Gasteiger partial charge in [-0.05, 0) is 26.3 Å². The average Bonchev–Trinajstić information content (AvgIpc) is 2.49. The summed E-state index contributed by atoms with van der Waals surface area (Å²) in [5, 5.41) is 13.5. The molecule has 0 aliphatic rings. The Balaban J connectivity index is 2.31. The third kappa shape index (κ3) is 3.95. The maximum atomic E-state index is 11.1. The number of hydrogen-bond acceptors (Lipinski definition) is 4. The summed E-state index contributed by atoms with van der Waals surface area (Å²) in [7, 11) is 0. The minimum absolute atomic E-state index is 0.0303. The minimum Gasteiger partial charge on any atom is -0.481 e. The number of carboxylic acids is 1. The molecule has 118 valence electrons. The van der Waals surface area contributed by atoms with Crippen LogP contribution in [-0.4, -0.2) is 35.8 Å². The van der Waals surface area contributed by atoms with E-state index in [4.69, 9.17) is 9.84 Å². The lowest BCUT2D eigenvalue weighted by Gasteiger charge is -2.16. The number of carboxylic acid groups (broad SMARTS) is 1. The molecule has 0 bridgehead atoms. The summed E-state index contributed by atoms with van der Waals surface area (Å²) in [5.41, 5.74) is 3.26. The molecule has 2 rings (SSSR count). The van der Waals surface area contributed by atoms with Crippen molar-refractivity contribution in [3.63, 3.8) is 0 Å². The van der Waals surface area contributed by atoms with E-state index < -0.39 is 5.97 Å². The molecule has 1 aromatic heterocycles. The first-order chi connectivity index (χ1) is 10.6. The molecule has 1 heterocycles. The monoisotopic (exact) mass is 302 g/mol. The Morgan fingerprint density at radius 2 is 2.14 bits per heavy atom. The molecule has 0 fully saturated rings. The van der Waals surface area contributed by atoms with Crippen LogP contribution < -0.4 is 5.32 Å². The van der Waals surface area contributed by atoms with E-state index in [2.05, 4.69) is 10.3 Å². The van der Waals surface area contributed by atoms with Crippen molar-refractivity contribution >= 4 is 22.6 Å². The van der Waals surface area contributed by atoms with E-state index in [0.29, 0.717) is 13.2 Å². The number of nitrogens with zero attached hydrogens (tertiary/aromatic N) is 1. The highest BCUT2D eigenvalue weighted by Gasteiger charge is 2.14. The molecule has 0 amide bonds. The second kappa shape index (κ2) is 7.75. The van der Waals surface area contributed by atoms with Gasteiger partial charge in [0.15, 0.2) is 0 Å². The number of pyridine rings is 1. The molecule has 5 nitrogen and oxygen atoms in total. The minimum atomic E-state index is -0.849. The summed E-state index contributed by atoms with van der Waals surface area (Å²) >= 11 is 0. The molecule has 0 saturated carbocycles. The second-order valence-electron chi connectivity index (χ2n) is 5.12. The molecule has 0 unspecified atom stereocenters. The topological polar surface area (TPSA) is 71.5 Å². The highest BCUT2D eigenvalue weighted by molar-refractivity contribution is 5.94. The van der Waals surface area contributed by atoms with Gasteiger partial charge in [0.2, 0.25) is 0 Å². The molecular weight excluding hydrogens is 280 g/mol. The van der Waals surface area contributed by atoms with Crippen LogP contribution in [0.3, 0.4) is 0 Å². The van der Waals surface area contributed by atoms with Gasteiger partial charge in [-0.15, -0.1) is 0 Å². The van der Waals surface area contributed by atoms with Crippen LogP contribution in [0.25, 0.3) is 10.9 Å². The van der Waals surface area contributed by atoms with E-state index in [1.165, 1.54) is 0 Å². The van der Waals surface area contributed by atoms with Gasteiger partial charge in [-0.1, -0.05) is 18.2 Å². The highest BCUT2D eigenvalue weighted by Crippen LogP contribution is 2.28. The number of benzene rings is 1. The summed E-state index contributed by atoms with van der Waals surface area (Å²) < 4.78 is 5.33. The van der Waals surface area contributed by atoms with Crippen LogP contribution in [-0.2, 0) is 16.0 Å². The normalized spacial score (nSPS) is 10.8. The van der Waals surface area contributed by atoms with Gasteiger partial charge in [0.05, 0.1) is 11.9 Å². The standard InChI is InChI=1S/C17H22N2O3/c1-3-22-10-6-9-18-17-13-7-4-5-8-15(13)19-12(2)14(17)11-16(20)21/h4-5,7-8H,3,6,9-11H2,1-2H3,(H,18,19)(H,20,21). The first-order valence-corrected chi connectivity index (χ1v) is 7.55. The Labute approximate surface area is 130 Å². The van der Waals surface area contributed by atoms with Crippen LogP contribution in [0.1, 0.15) is 24.6 Å². The predicted molar refractivity (Wildman–Crippen MR) is 87.4 cm³/mol. The van der Waals surface area contributed by atoms with Crippen LogP contribution in [0.2, 0.25) is 0 Å². The van der Waals surface area contributed by atoms with Crippen molar-refractivity contribution in [2.24, 2.45) is 0 Å². The Morgan fingerprint density at radius 3 is 2.86 bits per heavy atom. The van der Waals surface area contributed by atoms with Gasteiger partial charge < -0.3 is 15.2 Å². The number of ether oxygens (including phenoxy) is 1. The van der Waals surface area contributed by atoms with E-state index in [9.17, 15) is 4.79 Å². The summed E-state index contributed by atoms with van der Waals surface area (Å²) in [4.78, 5) is 15.7. The summed E-state index contributed by atoms with van der Waals surface area (Å²) in [5.74, 6) is -0.849. The maximum absolute atomic E-state index is 11.1. The lowest BCUT2D eigenvalue weighted by Crippen LogP contribution is -2.12. The zero-order valence-corrected chi connectivity index (χ0v) is 13.1. The number of nitrogens with one attached hydrogen (secondary N) is 1. The summed E-state index contributed by atoms with van der Waals surface area (Å²) in [6.45, 7) is 5.97. The fourth-order valence-corrected chi connectivity index (χ4v) is 2.48. The number of para-hydroxylation sites is 1. The number of aliphatic carboxylic acids is 1. The van der Waals surface area contributed by atoms with E-state index in [0.717, 1.165) is 40.8 Å². The smallest absolute Gasteiger partial charge is 0.307 e. The number of aryl methyl sites for hydroxylation is 1. The number of fused-ring (bicyclic) bond motifs is 1. The van der Waals surface area contributed by atoms with Gasteiger partial charge in [-0.2, -0.15) is 0 Å². The van der Waals surface area contributed by atoms with Gasteiger partial charge in [-0.25, -0.2) is 0 Å². The third-order valence-electron chi connectivity index (χ3n) is 3.50. The van der Waals surface area contributed by atoms with Crippen LogP contribution in [0.15, 0.2) is 24.3 Å². The second-order valence-corrected chi connectivity index (χ2v) is 5.12. The summed E-state index contributed by atoms with van der Waals surface area (Å²) in [6.07, 6.45) is 0.841. The molecule has 0 saturated heterocycles. The molecule has 2 aromatic rings. The lowest BCUT2D eigenvalue weighted by molar-refractivity contribution is -0.136. The maximum Gasteiger partial charge on any atom is 0.307 e. The van der Waals surface area contributed by atoms with Gasteiger partial charge in [0.1, 0.15) is 0 Å². The van der Waals surface area contributed by atoms with Gasteiger partial charge >= 0.3 is 5.97 Å². The van der Waals surface area contributed by atoms with Crippen molar-refractivity contribution in [3.05, 3.63) is 35.5 Å². The van der Waals surface area contributed by atoms with Crippen molar-refractivity contribution < 1.29 is 14.6 Å². The van der Waals surface area contributed by atoms with Crippen molar-refractivity contribution in [1.29, 1.82) is 0 Å². The van der Waals surface area contributed by atoms with E-state index >= 15 is 0 Å². The fourth-order valence-electron chi connectivity index (χ4n) is 2.48. The molecule has 5 heteroatoms. The Kier molecular flexibility index (Phi) is 5.72. The number of hydrogen-bond donors (Lipinski definition) is 2. The third-order valence-corrected chi connectivity index (χ3v) is 3.50. The predicted octanol–water partition coefficient (Wildman–Crippen LogP) is 3.01. The highest BCUT2D eigenvalue weighted by atomic mass is 16.5. The number of carbonyl (C=O) groups is 1. The number of aromatic nitrogens is 1. The SMILES string of the molecule is CCOCCCNc1c(CC(=O)O)c(C)nc2ccccc12. The molecule has 22 heavy (non-hydrogen) atoms. The van der Waals surface area contributed by atoms with Crippen molar-refractivity contribution in [3.8, 4) is 0 Å². The van der Waals surface area contributed by atoms with E-state index in [1.807, 2.05) is 38.1 Å². The van der Waals surface area contributed by atoms with Crippen LogP contribution in [0.5, 0.6) is 0 Å². The first-order valence-electron chi connectivity index (χ1n) is 7.55. The zero-order valence-electron chi connectivity index (χ0n) is 13.1. The Bertz CT molecular complexity index is 656. The Hall–Kier alpha value is -2.14. The summed E-state index contributed by atoms with van der Waals surface area (Å²) in [6, 6.07) is 7.79. The Morgan fingerprint density at radius 1 is 1.36 bits per heavy atom. The molecule has 0 aliphatic carbocycles. The number of anilines is 1. The largest absolute Gasteiger partial charge is 0.481 e. The number of rotatable bonds is 8. The van der Waals surface area contributed by atoms with E-state index in [-0.39, 0.29) is 6.42 Å². The van der Waals surface area contributed by atoms with Crippen LogP contribution in [0, 0.1) is 6.92 Å². The van der Waals surface area contributed by atoms with Crippen molar-refractivity contribution in [2.45, 2.75) is 26.7 Å². The average molecular weight is 302 g/mol. The lowest BCUT2D eigenvalue weighted by atomic mass is 10.0. The molecule has 1 aromatic carbocycles. The van der Waals surface area contributed by atoms with Gasteiger partial charge in [0.25, 0.3) is 0 Å². The molecule has 0 radical (unpaired) electrons. The van der Waals surface area contributed by atoms with Gasteiger partial charge in [0, 0.05) is 42.1 Å². The van der Waals surface area contributed by atoms with E-state index in [1.54, 1.807) is 0 Å². The van der Waals surface area contributed by atoms with Crippen molar-refractivity contribution in [1.82, 2.24) is 4.98 Å². The first kappa shape index (κ1) is 16.2. The van der Waals surface area contributed by atoms with Crippen molar-refractivity contribution in [2.75, 3.05) is 25.1 Å². The zero-order chi connectivity index (χ0) is 15.9.